The molecule has 0 saturated heterocycles. The van der Waals surface area contributed by atoms with Gasteiger partial charge >= 0.3 is 0 Å². The third kappa shape index (κ3) is 4.84. The Kier molecular flexibility index (Phi) is 7.08. The number of rotatable bonds is 8. The van der Waals surface area contributed by atoms with Crippen molar-refractivity contribution in [2.75, 3.05) is 26.9 Å². The SMILES string of the molecule is CCOC(COc1ccc(OC)cc1Br)OCC. The average Bonchev–Trinajstić information content (AvgIpc) is 2.37. The summed E-state index contributed by atoms with van der Waals surface area (Å²) in [7, 11) is 1.63. The molecule has 0 amide bonds. The molecule has 0 aromatic heterocycles. The molecule has 18 heavy (non-hydrogen) atoms. The summed E-state index contributed by atoms with van der Waals surface area (Å²) in [4.78, 5) is 0. The fourth-order valence-corrected chi connectivity index (χ4v) is 1.87. The van der Waals surface area contributed by atoms with Crippen LogP contribution in [0.5, 0.6) is 11.5 Å². The predicted molar refractivity (Wildman–Crippen MR) is 73.2 cm³/mol. The number of hydrogen-bond acceptors (Lipinski definition) is 4. The lowest BCUT2D eigenvalue weighted by atomic mass is 10.3. The molecule has 5 heteroatoms. The lowest BCUT2D eigenvalue weighted by Crippen LogP contribution is -2.25. The Balaban J connectivity index is 2.55. The minimum Gasteiger partial charge on any atom is -0.497 e. The minimum atomic E-state index is -0.339. The van der Waals surface area contributed by atoms with Crippen LogP contribution < -0.4 is 9.47 Å². The lowest BCUT2D eigenvalue weighted by Gasteiger charge is -2.18. The van der Waals surface area contributed by atoms with Gasteiger partial charge in [-0.3, -0.25) is 0 Å². The van der Waals surface area contributed by atoms with E-state index in [0.717, 1.165) is 16.0 Å². The molecule has 0 N–H and O–H groups in total. The van der Waals surface area contributed by atoms with Crippen molar-refractivity contribution in [3.8, 4) is 11.5 Å². The van der Waals surface area contributed by atoms with Gasteiger partial charge < -0.3 is 18.9 Å². The van der Waals surface area contributed by atoms with Gasteiger partial charge in [-0.1, -0.05) is 0 Å². The van der Waals surface area contributed by atoms with Crippen LogP contribution in [0.15, 0.2) is 22.7 Å². The Hall–Kier alpha value is -0.780. The number of ether oxygens (including phenoxy) is 4. The first-order chi connectivity index (χ1) is 8.71. The summed E-state index contributed by atoms with van der Waals surface area (Å²) in [5.41, 5.74) is 0. The van der Waals surface area contributed by atoms with Crippen LogP contribution in [0.4, 0.5) is 0 Å². The van der Waals surface area contributed by atoms with E-state index in [-0.39, 0.29) is 6.29 Å². The maximum atomic E-state index is 5.65. The standard InChI is InChI=1S/C13H19BrO4/c1-4-16-13(17-5-2)9-18-12-7-6-10(15-3)8-11(12)14/h6-8,13H,4-5,9H2,1-3H3. The maximum absolute atomic E-state index is 5.65. The number of hydrogen-bond donors (Lipinski definition) is 0. The molecule has 4 nitrogen and oxygen atoms in total. The molecule has 0 aliphatic carbocycles. The molecule has 1 aromatic carbocycles. The summed E-state index contributed by atoms with van der Waals surface area (Å²) in [5, 5.41) is 0. The molecule has 0 saturated carbocycles. The Morgan fingerprint density at radius 2 is 1.83 bits per heavy atom. The molecular weight excluding hydrogens is 300 g/mol. The van der Waals surface area contributed by atoms with E-state index in [1.165, 1.54) is 0 Å². The highest BCUT2D eigenvalue weighted by Crippen LogP contribution is 2.29. The van der Waals surface area contributed by atoms with Crippen molar-refractivity contribution in [1.29, 1.82) is 0 Å². The molecule has 0 atom stereocenters. The summed E-state index contributed by atoms with van der Waals surface area (Å²) < 4.78 is 22.4. The Morgan fingerprint density at radius 3 is 2.33 bits per heavy atom. The van der Waals surface area contributed by atoms with Crippen molar-refractivity contribution in [3.05, 3.63) is 22.7 Å². The fourth-order valence-electron chi connectivity index (χ4n) is 1.40. The van der Waals surface area contributed by atoms with Gasteiger partial charge in [0.15, 0.2) is 6.29 Å². The second kappa shape index (κ2) is 8.34. The second-order valence-electron chi connectivity index (χ2n) is 3.45. The molecule has 102 valence electrons. The zero-order valence-corrected chi connectivity index (χ0v) is 12.5. The Morgan fingerprint density at radius 1 is 1.17 bits per heavy atom. The monoisotopic (exact) mass is 318 g/mol. The van der Waals surface area contributed by atoms with E-state index in [1.807, 2.05) is 32.0 Å². The molecule has 0 aliphatic rings. The summed E-state index contributed by atoms with van der Waals surface area (Å²) >= 11 is 3.43. The van der Waals surface area contributed by atoms with Gasteiger partial charge in [0.05, 0.1) is 11.6 Å². The average molecular weight is 319 g/mol. The van der Waals surface area contributed by atoms with E-state index >= 15 is 0 Å². The molecule has 0 radical (unpaired) electrons. The summed E-state index contributed by atoms with van der Waals surface area (Å²) in [6, 6.07) is 5.54. The van der Waals surface area contributed by atoms with Crippen LogP contribution in [0.1, 0.15) is 13.8 Å². The first-order valence-corrected chi connectivity index (χ1v) is 6.70. The zero-order chi connectivity index (χ0) is 13.4. The molecular formula is C13H19BrO4. The van der Waals surface area contributed by atoms with Crippen LogP contribution in [0.2, 0.25) is 0 Å². The molecule has 0 heterocycles. The van der Waals surface area contributed by atoms with Gasteiger partial charge in [0.25, 0.3) is 0 Å². The first kappa shape index (κ1) is 15.3. The largest absolute Gasteiger partial charge is 0.497 e. The second-order valence-corrected chi connectivity index (χ2v) is 4.30. The quantitative estimate of drug-likeness (QED) is 0.689. The van der Waals surface area contributed by atoms with Crippen LogP contribution >= 0.6 is 15.9 Å². The van der Waals surface area contributed by atoms with E-state index in [4.69, 9.17) is 18.9 Å². The van der Waals surface area contributed by atoms with E-state index in [1.54, 1.807) is 7.11 Å². The van der Waals surface area contributed by atoms with Crippen LogP contribution in [-0.4, -0.2) is 33.2 Å². The fraction of sp³-hybridized carbons (Fsp3) is 0.538. The Bertz CT molecular complexity index is 351. The van der Waals surface area contributed by atoms with Gasteiger partial charge in [-0.2, -0.15) is 0 Å². The van der Waals surface area contributed by atoms with Crippen LogP contribution in [0.3, 0.4) is 0 Å². The van der Waals surface area contributed by atoms with Crippen molar-refractivity contribution in [2.24, 2.45) is 0 Å². The van der Waals surface area contributed by atoms with E-state index < -0.39 is 0 Å². The van der Waals surface area contributed by atoms with Crippen molar-refractivity contribution < 1.29 is 18.9 Å². The first-order valence-electron chi connectivity index (χ1n) is 5.90. The third-order valence-corrected chi connectivity index (χ3v) is 2.84. The number of methoxy groups -OCH3 is 1. The molecule has 0 spiro atoms. The summed E-state index contributed by atoms with van der Waals surface area (Å²) in [5.74, 6) is 1.51. The summed E-state index contributed by atoms with van der Waals surface area (Å²) in [6.45, 7) is 5.40. The van der Waals surface area contributed by atoms with Crippen LogP contribution in [-0.2, 0) is 9.47 Å². The number of halogens is 1. The predicted octanol–water partition coefficient (Wildman–Crippen LogP) is 3.24. The lowest BCUT2D eigenvalue weighted by molar-refractivity contribution is -0.152. The van der Waals surface area contributed by atoms with Gasteiger partial charge in [-0.15, -0.1) is 0 Å². The van der Waals surface area contributed by atoms with Gasteiger partial charge in [0, 0.05) is 13.2 Å². The van der Waals surface area contributed by atoms with E-state index in [9.17, 15) is 0 Å². The molecule has 0 unspecified atom stereocenters. The van der Waals surface area contributed by atoms with Crippen LogP contribution in [0, 0.1) is 0 Å². The molecule has 0 fully saturated rings. The maximum Gasteiger partial charge on any atom is 0.191 e. The number of benzene rings is 1. The van der Waals surface area contributed by atoms with Gasteiger partial charge in [-0.05, 0) is 48.0 Å². The molecule has 1 rings (SSSR count). The normalized spacial score (nSPS) is 10.7. The molecule has 1 aromatic rings. The van der Waals surface area contributed by atoms with Gasteiger partial charge in [0.2, 0.25) is 0 Å². The molecule has 0 aliphatic heterocycles. The summed E-state index contributed by atoms with van der Waals surface area (Å²) in [6.07, 6.45) is -0.339. The highest BCUT2D eigenvalue weighted by Gasteiger charge is 2.10. The highest BCUT2D eigenvalue weighted by atomic mass is 79.9. The topological polar surface area (TPSA) is 36.9 Å². The Labute approximate surface area is 116 Å². The highest BCUT2D eigenvalue weighted by molar-refractivity contribution is 9.10. The van der Waals surface area contributed by atoms with E-state index in [2.05, 4.69) is 15.9 Å². The van der Waals surface area contributed by atoms with Crippen molar-refractivity contribution in [1.82, 2.24) is 0 Å². The smallest absolute Gasteiger partial charge is 0.191 e. The van der Waals surface area contributed by atoms with Crippen molar-refractivity contribution in [3.63, 3.8) is 0 Å². The van der Waals surface area contributed by atoms with E-state index in [0.29, 0.717) is 19.8 Å². The van der Waals surface area contributed by atoms with Crippen molar-refractivity contribution in [2.45, 2.75) is 20.1 Å². The van der Waals surface area contributed by atoms with Gasteiger partial charge in [-0.25, -0.2) is 0 Å². The van der Waals surface area contributed by atoms with Crippen LogP contribution in [0.25, 0.3) is 0 Å². The van der Waals surface area contributed by atoms with Gasteiger partial charge in [0.1, 0.15) is 18.1 Å². The zero-order valence-electron chi connectivity index (χ0n) is 10.9. The minimum absolute atomic E-state index is 0.339. The molecule has 0 bridgehead atoms. The van der Waals surface area contributed by atoms with Crippen molar-refractivity contribution >= 4 is 15.9 Å². The third-order valence-electron chi connectivity index (χ3n) is 2.22.